The lowest BCUT2D eigenvalue weighted by Gasteiger charge is -2.39. The summed E-state index contributed by atoms with van der Waals surface area (Å²) >= 11 is 0. The fourth-order valence-corrected chi connectivity index (χ4v) is 3.03. The minimum absolute atomic E-state index is 0.156. The lowest BCUT2D eigenvalue weighted by atomic mass is 9.68. The molecule has 0 amide bonds. The van der Waals surface area contributed by atoms with Crippen LogP contribution >= 0.6 is 0 Å². The maximum Gasteiger partial charge on any atom is 0.313 e. The van der Waals surface area contributed by atoms with E-state index in [1.54, 1.807) is 0 Å². The summed E-state index contributed by atoms with van der Waals surface area (Å²) < 4.78 is 5.70. The van der Waals surface area contributed by atoms with Gasteiger partial charge in [0.25, 0.3) is 0 Å². The Morgan fingerprint density at radius 1 is 1.39 bits per heavy atom. The van der Waals surface area contributed by atoms with Gasteiger partial charge in [0.1, 0.15) is 17.8 Å². The molecule has 1 aliphatic rings. The van der Waals surface area contributed by atoms with Crippen molar-refractivity contribution in [2.24, 2.45) is 11.3 Å². The van der Waals surface area contributed by atoms with Gasteiger partial charge >= 0.3 is 5.97 Å². The summed E-state index contributed by atoms with van der Waals surface area (Å²) in [4.78, 5) is 11.8. The summed E-state index contributed by atoms with van der Waals surface area (Å²) in [6.07, 6.45) is 2.31. The van der Waals surface area contributed by atoms with E-state index in [2.05, 4.69) is 13.8 Å². The Kier molecular flexibility index (Phi) is 3.60. The number of para-hydroxylation sites is 1. The third-order valence-electron chi connectivity index (χ3n) is 4.16. The van der Waals surface area contributed by atoms with Crippen LogP contribution in [0.1, 0.15) is 32.3 Å². The molecule has 1 aliphatic heterocycles. The Morgan fingerprint density at radius 2 is 2.06 bits per heavy atom. The van der Waals surface area contributed by atoms with Crippen LogP contribution in [0.5, 0.6) is 5.75 Å². The number of ether oxygens (including phenoxy) is 1. The fraction of sp³-hybridized carbons (Fsp3) is 0.533. The molecule has 3 heteroatoms. The second-order valence-corrected chi connectivity index (χ2v) is 5.05. The van der Waals surface area contributed by atoms with Crippen molar-refractivity contribution < 1.29 is 14.6 Å². The highest BCUT2D eigenvalue weighted by atomic mass is 16.5. The largest absolute Gasteiger partial charge is 0.492 e. The number of hydrogen-bond acceptors (Lipinski definition) is 2. The Morgan fingerprint density at radius 3 is 2.67 bits per heavy atom. The van der Waals surface area contributed by atoms with E-state index >= 15 is 0 Å². The maximum absolute atomic E-state index is 11.8. The number of aliphatic carboxylic acids is 1. The van der Waals surface area contributed by atoms with Crippen LogP contribution in [0.2, 0.25) is 0 Å². The van der Waals surface area contributed by atoms with Crippen molar-refractivity contribution in [3.8, 4) is 5.75 Å². The van der Waals surface area contributed by atoms with Crippen LogP contribution in [0, 0.1) is 11.3 Å². The summed E-state index contributed by atoms with van der Waals surface area (Å²) in [5, 5.41) is 9.67. The molecule has 1 aromatic rings. The van der Waals surface area contributed by atoms with E-state index in [0.717, 1.165) is 24.2 Å². The summed E-state index contributed by atoms with van der Waals surface area (Å²) in [6, 6.07) is 7.74. The van der Waals surface area contributed by atoms with Crippen molar-refractivity contribution >= 4 is 5.97 Å². The first-order valence-electron chi connectivity index (χ1n) is 6.58. The standard InChI is InChI=1S/C15H20O3/c1-3-12(4-2)15(14(16)17)9-11-7-5-6-8-13(11)18-10-15/h5-8,12H,3-4,9-10H2,1-2H3,(H,16,17). The van der Waals surface area contributed by atoms with Gasteiger partial charge in [0.05, 0.1) is 0 Å². The molecule has 1 N–H and O–H groups in total. The zero-order chi connectivity index (χ0) is 13.2. The lowest BCUT2D eigenvalue weighted by molar-refractivity contribution is -0.156. The molecule has 3 nitrogen and oxygen atoms in total. The van der Waals surface area contributed by atoms with Crippen molar-refractivity contribution in [1.29, 1.82) is 0 Å². The second-order valence-electron chi connectivity index (χ2n) is 5.05. The first-order valence-corrected chi connectivity index (χ1v) is 6.58. The molecule has 0 aliphatic carbocycles. The topological polar surface area (TPSA) is 46.5 Å². The molecular formula is C15H20O3. The first kappa shape index (κ1) is 12.9. The van der Waals surface area contributed by atoms with E-state index in [9.17, 15) is 9.90 Å². The number of carboxylic acids is 1. The van der Waals surface area contributed by atoms with Gasteiger partial charge in [-0.2, -0.15) is 0 Å². The monoisotopic (exact) mass is 248 g/mol. The van der Waals surface area contributed by atoms with E-state index < -0.39 is 11.4 Å². The third kappa shape index (κ3) is 1.98. The van der Waals surface area contributed by atoms with E-state index in [4.69, 9.17) is 4.74 Å². The zero-order valence-corrected chi connectivity index (χ0v) is 11.0. The fourth-order valence-electron chi connectivity index (χ4n) is 3.03. The van der Waals surface area contributed by atoms with Crippen molar-refractivity contribution in [2.75, 3.05) is 6.61 Å². The molecule has 0 aromatic heterocycles. The summed E-state index contributed by atoms with van der Waals surface area (Å²) in [5.41, 5.74) is 0.246. The van der Waals surface area contributed by atoms with E-state index in [-0.39, 0.29) is 12.5 Å². The van der Waals surface area contributed by atoms with Crippen LogP contribution in [0.4, 0.5) is 0 Å². The predicted molar refractivity (Wildman–Crippen MR) is 69.8 cm³/mol. The number of carbonyl (C=O) groups is 1. The van der Waals surface area contributed by atoms with Crippen LogP contribution in [0.15, 0.2) is 24.3 Å². The second kappa shape index (κ2) is 5.01. The smallest absolute Gasteiger partial charge is 0.313 e. The highest BCUT2D eigenvalue weighted by Crippen LogP contribution is 2.42. The third-order valence-corrected chi connectivity index (χ3v) is 4.16. The number of rotatable bonds is 4. The molecule has 1 unspecified atom stereocenters. The van der Waals surface area contributed by atoms with E-state index in [1.807, 2.05) is 24.3 Å². The van der Waals surface area contributed by atoms with Gasteiger partial charge in [-0.25, -0.2) is 0 Å². The minimum Gasteiger partial charge on any atom is -0.492 e. The van der Waals surface area contributed by atoms with Gasteiger partial charge in [-0.1, -0.05) is 44.9 Å². The highest BCUT2D eigenvalue weighted by Gasteiger charge is 2.47. The molecule has 1 atom stereocenters. The average Bonchev–Trinajstić information content (AvgIpc) is 2.39. The number of benzene rings is 1. The van der Waals surface area contributed by atoms with Gasteiger partial charge in [-0.05, 0) is 24.0 Å². The number of fused-ring (bicyclic) bond motifs is 1. The van der Waals surface area contributed by atoms with Gasteiger partial charge in [0, 0.05) is 0 Å². The van der Waals surface area contributed by atoms with Crippen LogP contribution in [0.25, 0.3) is 0 Å². The van der Waals surface area contributed by atoms with Crippen LogP contribution in [0.3, 0.4) is 0 Å². The number of carboxylic acid groups (broad SMARTS) is 1. The van der Waals surface area contributed by atoms with Gasteiger partial charge in [0.15, 0.2) is 0 Å². The quantitative estimate of drug-likeness (QED) is 0.890. The molecule has 0 saturated carbocycles. The normalized spacial score (nSPS) is 22.4. The molecule has 98 valence electrons. The molecule has 0 radical (unpaired) electrons. The maximum atomic E-state index is 11.8. The average molecular weight is 248 g/mol. The van der Waals surface area contributed by atoms with Crippen LogP contribution < -0.4 is 4.74 Å². The molecule has 0 fully saturated rings. The molecular weight excluding hydrogens is 228 g/mol. The van der Waals surface area contributed by atoms with Crippen molar-refractivity contribution in [2.45, 2.75) is 33.1 Å². The molecule has 18 heavy (non-hydrogen) atoms. The van der Waals surface area contributed by atoms with Crippen molar-refractivity contribution in [1.82, 2.24) is 0 Å². The summed E-state index contributed by atoms with van der Waals surface area (Å²) in [5.74, 6) is 0.259. The van der Waals surface area contributed by atoms with Crippen LogP contribution in [-0.2, 0) is 11.2 Å². The van der Waals surface area contributed by atoms with Crippen molar-refractivity contribution in [3.05, 3.63) is 29.8 Å². The lowest BCUT2D eigenvalue weighted by Crippen LogP contribution is -2.47. The molecule has 2 rings (SSSR count). The Hall–Kier alpha value is -1.51. The summed E-state index contributed by atoms with van der Waals surface area (Å²) in [7, 11) is 0. The van der Waals surface area contributed by atoms with Gasteiger partial charge < -0.3 is 9.84 Å². The molecule has 0 saturated heterocycles. The van der Waals surface area contributed by atoms with Gasteiger partial charge in [-0.3, -0.25) is 4.79 Å². The minimum atomic E-state index is -0.766. The number of hydrogen-bond donors (Lipinski definition) is 1. The molecule has 1 aromatic carbocycles. The van der Waals surface area contributed by atoms with Gasteiger partial charge in [-0.15, -0.1) is 0 Å². The van der Waals surface area contributed by atoms with Crippen molar-refractivity contribution in [3.63, 3.8) is 0 Å². The SMILES string of the molecule is CCC(CC)C1(C(=O)O)COc2ccccc2C1. The Bertz CT molecular complexity index is 437. The zero-order valence-electron chi connectivity index (χ0n) is 11.0. The molecule has 1 heterocycles. The molecule has 0 spiro atoms. The van der Waals surface area contributed by atoms with Gasteiger partial charge in [0.2, 0.25) is 0 Å². The highest BCUT2D eigenvalue weighted by molar-refractivity contribution is 5.76. The Balaban J connectivity index is 2.38. The summed E-state index contributed by atoms with van der Waals surface area (Å²) in [6.45, 7) is 4.39. The van der Waals surface area contributed by atoms with Crippen LogP contribution in [-0.4, -0.2) is 17.7 Å². The van der Waals surface area contributed by atoms with E-state index in [0.29, 0.717) is 6.42 Å². The van der Waals surface area contributed by atoms with E-state index in [1.165, 1.54) is 0 Å². The molecule has 0 bridgehead atoms. The first-order chi connectivity index (χ1) is 8.64. The Labute approximate surface area is 108 Å². The predicted octanol–water partition coefficient (Wildman–Crippen LogP) is 3.13.